The lowest BCUT2D eigenvalue weighted by atomic mass is 10.1. The van der Waals surface area contributed by atoms with Gasteiger partial charge in [0, 0.05) is 33.3 Å². The Labute approximate surface area is 230 Å². The molecule has 1 aliphatic rings. The van der Waals surface area contributed by atoms with Crippen molar-refractivity contribution in [3.63, 3.8) is 0 Å². The number of alkyl halides is 2. The maximum atomic E-state index is 14.3. The molecule has 2 amide bonds. The molecule has 0 radical (unpaired) electrons. The second-order valence-corrected chi connectivity index (χ2v) is 10.8. The van der Waals surface area contributed by atoms with Crippen LogP contribution in [-0.2, 0) is 4.79 Å². The first-order chi connectivity index (χ1) is 16.9. The second kappa shape index (κ2) is 10.2. The third kappa shape index (κ3) is 5.34. The quantitative estimate of drug-likeness (QED) is 0.284. The summed E-state index contributed by atoms with van der Waals surface area (Å²) < 4.78 is 26.4. The third-order valence-corrected chi connectivity index (χ3v) is 7.31. The standard InChI is InChI=1S/C25H15Cl5F2N2O2/c1-2-11-7-15(31)9-19(32)22(11)34-23(35)17-10-16(3-4-18(17)28)33-24(36)21-20(25(21,29)30)12-5-13(26)8-14(27)6-12/h2-10,20-21H,1H2,(H,33,36)(H,34,35). The van der Waals surface area contributed by atoms with Gasteiger partial charge in [0.1, 0.15) is 16.0 Å². The van der Waals surface area contributed by atoms with Crippen molar-refractivity contribution in [1.29, 1.82) is 0 Å². The summed E-state index contributed by atoms with van der Waals surface area (Å²) in [5.41, 5.74) is 0.537. The van der Waals surface area contributed by atoms with Crippen LogP contribution in [0.3, 0.4) is 0 Å². The second-order valence-electron chi connectivity index (χ2n) is 8.03. The number of carbonyl (C=O) groups is 2. The lowest BCUT2D eigenvalue weighted by molar-refractivity contribution is -0.117. The predicted molar refractivity (Wildman–Crippen MR) is 142 cm³/mol. The molecule has 4 nitrogen and oxygen atoms in total. The summed E-state index contributed by atoms with van der Waals surface area (Å²) in [7, 11) is 0. The van der Waals surface area contributed by atoms with Gasteiger partial charge in [-0.25, -0.2) is 8.78 Å². The van der Waals surface area contributed by atoms with Gasteiger partial charge in [-0.1, -0.05) is 47.5 Å². The van der Waals surface area contributed by atoms with Crippen molar-refractivity contribution in [2.24, 2.45) is 5.92 Å². The zero-order valence-electron chi connectivity index (χ0n) is 18.0. The molecular weight excluding hydrogens is 576 g/mol. The number of amides is 2. The van der Waals surface area contributed by atoms with E-state index in [-0.39, 0.29) is 27.5 Å². The smallest absolute Gasteiger partial charge is 0.257 e. The maximum Gasteiger partial charge on any atom is 0.257 e. The van der Waals surface area contributed by atoms with Gasteiger partial charge in [0.15, 0.2) is 0 Å². The Morgan fingerprint density at radius 2 is 1.61 bits per heavy atom. The van der Waals surface area contributed by atoms with Crippen LogP contribution < -0.4 is 10.6 Å². The highest BCUT2D eigenvalue weighted by Crippen LogP contribution is 2.65. The monoisotopic (exact) mass is 588 g/mol. The molecule has 0 aromatic heterocycles. The summed E-state index contributed by atoms with van der Waals surface area (Å²) in [6.07, 6.45) is 1.20. The lowest BCUT2D eigenvalue weighted by Gasteiger charge is -2.12. The van der Waals surface area contributed by atoms with E-state index in [9.17, 15) is 18.4 Å². The largest absolute Gasteiger partial charge is 0.326 e. The van der Waals surface area contributed by atoms with Crippen molar-refractivity contribution >= 4 is 87.3 Å². The molecule has 1 aliphatic carbocycles. The molecule has 4 rings (SSSR count). The van der Waals surface area contributed by atoms with E-state index in [1.165, 1.54) is 24.3 Å². The van der Waals surface area contributed by atoms with E-state index in [2.05, 4.69) is 17.2 Å². The van der Waals surface area contributed by atoms with Crippen LogP contribution in [0.2, 0.25) is 15.1 Å². The molecule has 186 valence electrons. The summed E-state index contributed by atoms with van der Waals surface area (Å²) in [4.78, 5) is 25.8. The molecule has 2 N–H and O–H groups in total. The fourth-order valence-electron chi connectivity index (χ4n) is 3.89. The first-order valence-corrected chi connectivity index (χ1v) is 12.2. The van der Waals surface area contributed by atoms with Crippen LogP contribution in [0.4, 0.5) is 20.2 Å². The minimum Gasteiger partial charge on any atom is -0.326 e. The molecule has 36 heavy (non-hydrogen) atoms. The number of carbonyl (C=O) groups excluding carboxylic acids is 2. The van der Waals surface area contributed by atoms with Crippen LogP contribution in [0.15, 0.2) is 55.1 Å². The van der Waals surface area contributed by atoms with Gasteiger partial charge in [-0.3, -0.25) is 9.59 Å². The first kappa shape index (κ1) is 26.7. The van der Waals surface area contributed by atoms with Crippen molar-refractivity contribution in [2.75, 3.05) is 10.6 Å². The van der Waals surface area contributed by atoms with E-state index >= 15 is 0 Å². The highest BCUT2D eigenvalue weighted by molar-refractivity contribution is 6.53. The summed E-state index contributed by atoms with van der Waals surface area (Å²) >= 11 is 31.1. The number of nitrogens with one attached hydrogen (secondary N) is 2. The van der Waals surface area contributed by atoms with Crippen LogP contribution in [0, 0.1) is 17.6 Å². The number of anilines is 2. The van der Waals surface area contributed by atoms with E-state index in [1.54, 1.807) is 18.2 Å². The fraction of sp³-hybridized carbons (Fsp3) is 0.120. The molecule has 0 saturated heterocycles. The first-order valence-electron chi connectivity index (χ1n) is 10.3. The van der Waals surface area contributed by atoms with Crippen molar-refractivity contribution < 1.29 is 18.4 Å². The summed E-state index contributed by atoms with van der Waals surface area (Å²) in [6.45, 7) is 3.50. The van der Waals surface area contributed by atoms with Crippen LogP contribution in [0.5, 0.6) is 0 Å². The summed E-state index contributed by atoms with van der Waals surface area (Å²) in [5.74, 6) is -4.49. The molecule has 2 unspecified atom stereocenters. The Bertz CT molecular complexity index is 1390. The van der Waals surface area contributed by atoms with Crippen molar-refractivity contribution in [3.8, 4) is 0 Å². The van der Waals surface area contributed by atoms with Gasteiger partial charge in [0.2, 0.25) is 5.91 Å². The Kier molecular flexibility index (Phi) is 7.56. The lowest BCUT2D eigenvalue weighted by Crippen LogP contribution is -2.18. The number of benzene rings is 3. The molecule has 3 aromatic rings. The molecule has 0 spiro atoms. The molecule has 2 atom stereocenters. The normalized spacial score (nSPS) is 17.9. The molecular formula is C25H15Cl5F2N2O2. The number of halogens is 7. The molecule has 0 aliphatic heterocycles. The van der Waals surface area contributed by atoms with Gasteiger partial charge in [0.25, 0.3) is 5.91 Å². The predicted octanol–water partition coefficient (Wildman–Crippen LogP) is 8.35. The number of hydrogen-bond acceptors (Lipinski definition) is 2. The van der Waals surface area contributed by atoms with E-state index in [0.29, 0.717) is 21.7 Å². The Balaban J connectivity index is 1.54. The van der Waals surface area contributed by atoms with Crippen molar-refractivity contribution in [1.82, 2.24) is 0 Å². The average Bonchev–Trinajstić information content (AvgIpc) is 3.38. The van der Waals surface area contributed by atoms with Gasteiger partial charge in [0.05, 0.1) is 22.2 Å². The summed E-state index contributed by atoms with van der Waals surface area (Å²) in [5, 5.41) is 5.81. The Morgan fingerprint density at radius 1 is 0.944 bits per heavy atom. The van der Waals surface area contributed by atoms with E-state index in [0.717, 1.165) is 6.07 Å². The van der Waals surface area contributed by atoms with Gasteiger partial charge in [-0.15, -0.1) is 23.2 Å². The van der Waals surface area contributed by atoms with Gasteiger partial charge >= 0.3 is 0 Å². The molecule has 0 bridgehead atoms. The minimum atomic E-state index is -1.40. The Hall–Kier alpha value is -2.35. The molecule has 0 heterocycles. The molecule has 1 saturated carbocycles. The number of hydrogen-bond donors (Lipinski definition) is 2. The Morgan fingerprint density at radius 3 is 2.25 bits per heavy atom. The van der Waals surface area contributed by atoms with E-state index in [1.807, 2.05) is 0 Å². The molecule has 11 heteroatoms. The average molecular weight is 591 g/mol. The van der Waals surface area contributed by atoms with Crippen LogP contribution in [0.25, 0.3) is 6.08 Å². The zero-order valence-corrected chi connectivity index (χ0v) is 21.8. The van der Waals surface area contributed by atoms with Gasteiger partial charge in [-0.05, 0) is 48.0 Å². The van der Waals surface area contributed by atoms with Crippen molar-refractivity contribution in [2.45, 2.75) is 10.3 Å². The number of rotatable bonds is 6. The molecule has 1 fully saturated rings. The zero-order chi connectivity index (χ0) is 26.4. The van der Waals surface area contributed by atoms with Crippen LogP contribution in [0.1, 0.15) is 27.4 Å². The highest BCUT2D eigenvalue weighted by Gasteiger charge is 2.67. The van der Waals surface area contributed by atoms with E-state index < -0.39 is 39.6 Å². The minimum absolute atomic E-state index is 0.0371. The third-order valence-electron chi connectivity index (χ3n) is 5.60. The summed E-state index contributed by atoms with van der Waals surface area (Å²) in [6, 6.07) is 10.6. The highest BCUT2D eigenvalue weighted by atomic mass is 35.5. The van der Waals surface area contributed by atoms with E-state index in [4.69, 9.17) is 58.0 Å². The topological polar surface area (TPSA) is 58.2 Å². The fourth-order valence-corrected chi connectivity index (χ4v) is 5.46. The molecule has 3 aromatic carbocycles. The van der Waals surface area contributed by atoms with Crippen LogP contribution in [-0.4, -0.2) is 16.1 Å². The van der Waals surface area contributed by atoms with Crippen LogP contribution >= 0.6 is 58.0 Å². The maximum absolute atomic E-state index is 14.3. The van der Waals surface area contributed by atoms with Gasteiger partial charge in [-0.2, -0.15) is 0 Å². The van der Waals surface area contributed by atoms with Gasteiger partial charge < -0.3 is 10.6 Å². The SMILES string of the molecule is C=Cc1cc(F)cc(F)c1NC(=O)c1cc(NC(=O)C2C(c3cc(Cl)cc(Cl)c3)C2(Cl)Cl)ccc1Cl. The van der Waals surface area contributed by atoms with Crippen molar-refractivity contribution in [3.05, 3.63) is 98.5 Å².